The van der Waals surface area contributed by atoms with Crippen LogP contribution in [0.4, 0.5) is 19.0 Å². The van der Waals surface area contributed by atoms with Gasteiger partial charge in [-0.25, -0.2) is 14.5 Å². The zero-order valence-corrected chi connectivity index (χ0v) is 14.3. The maximum atomic E-state index is 12.2. The van der Waals surface area contributed by atoms with Gasteiger partial charge in [-0.05, 0) is 29.8 Å². The van der Waals surface area contributed by atoms with E-state index in [1.807, 2.05) is 0 Å². The minimum atomic E-state index is -4.72. The summed E-state index contributed by atoms with van der Waals surface area (Å²) in [6, 6.07) is 9.05. The fraction of sp³-hybridized carbons (Fsp3) is 0.111. The Bertz CT molecular complexity index is 1110. The summed E-state index contributed by atoms with van der Waals surface area (Å²) < 4.78 is 42.2. The van der Waals surface area contributed by atoms with E-state index in [-0.39, 0.29) is 5.75 Å². The molecule has 28 heavy (non-hydrogen) atoms. The van der Waals surface area contributed by atoms with Crippen LogP contribution >= 0.6 is 0 Å². The predicted octanol–water partition coefficient (Wildman–Crippen LogP) is 3.26. The first-order chi connectivity index (χ1) is 13.4. The number of aromatic nitrogens is 5. The number of alkyl halides is 3. The number of rotatable bonds is 4. The van der Waals surface area contributed by atoms with Crippen molar-refractivity contribution < 1.29 is 17.9 Å². The molecule has 0 spiro atoms. The Morgan fingerprint density at radius 3 is 2.50 bits per heavy atom. The highest BCUT2D eigenvalue weighted by atomic mass is 19.4. The lowest BCUT2D eigenvalue weighted by Gasteiger charge is -2.08. The van der Waals surface area contributed by atoms with E-state index < -0.39 is 6.36 Å². The molecule has 0 radical (unpaired) electrons. The number of benzene rings is 1. The number of ether oxygens (including phenoxy) is 1. The summed E-state index contributed by atoms with van der Waals surface area (Å²) in [6.45, 7) is 0. The smallest absolute Gasteiger partial charge is 0.406 e. The normalized spacial score (nSPS) is 11.7. The Labute approximate surface area is 156 Å². The lowest BCUT2D eigenvalue weighted by atomic mass is 10.1. The molecule has 3 aromatic heterocycles. The van der Waals surface area contributed by atoms with Gasteiger partial charge in [-0.1, -0.05) is 12.1 Å². The van der Waals surface area contributed by atoms with E-state index in [1.54, 1.807) is 35.2 Å². The number of nitrogens with zero attached hydrogens (tertiary/aromatic N) is 5. The van der Waals surface area contributed by atoms with Gasteiger partial charge >= 0.3 is 6.36 Å². The quantitative estimate of drug-likeness (QED) is 0.579. The Balaban J connectivity index is 1.60. The number of fused-ring (bicyclic) bond motifs is 1. The van der Waals surface area contributed by atoms with Crippen LogP contribution in [0.3, 0.4) is 0 Å². The number of nitrogens with two attached hydrogens (primary N) is 1. The van der Waals surface area contributed by atoms with E-state index in [2.05, 4.69) is 24.8 Å². The van der Waals surface area contributed by atoms with Gasteiger partial charge in [-0.3, -0.25) is 4.98 Å². The second-order valence-corrected chi connectivity index (χ2v) is 5.91. The topological polar surface area (TPSA) is 91.2 Å². The molecule has 10 heteroatoms. The molecule has 0 amide bonds. The van der Waals surface area contributed by atoms with Crippen LogP contribution in [0.1, 0.15) is 11.4 Å². The van der Waals surface area contributed by atoms with Crippen molar-refractivity contribution in [2.24, 2.45) is 0 Å². The van der Waals surface area contributed by atoms with Crippen molar-refractivity contribution in [3.05, 3.63) is 66.4 Å². The first-order valence-corrected chi connectivity index (χ1v) is 8.14. The molecule has 0 aliphatic rings. The van der Waals surface area contributed by atoms with Crippen LogP contribution in [0, 0.1) is 0 Å². The van der Waals surface area contributed by atoms with E-state index in [0.717, 1.165) is 11.1 Å². The molecule has 1 aromatic carbocycles. The van der Waals surface area contributed by atoms with Crippen LogP contribution in [-0.2, 0) is 6.42 Å². The van der Waals surface area contributed by atoms with E-state index in [0.29, 0.717) is 29.4 Å². The summed E-state index contributed by atoms with van der Waals surface area (Å²) >= 11 is 0. The Morgan fingerprint density at radius 1 is 1.04 bits per heavy atom. The molecule has 0 atom stereocenters. The molecule has 4 aromatic rings. The van der Waals surface area contributed by atoms with Gasteiger partial charge in [0.1, 0.15) is 17.3 Å². The second kappa shape index (κ2) is 6.80. The molecule has 7 nitrogen and oxygen atoms in total. The van der Waals surface area contributed by atoms with E-state index in [1.165, 1.54) is 24.3 Å². The van der Waals surface area contributed by atoms with E-state index in [4.69, 9.17) is 5.73 Å². The van der Waals surface area contributed by atoms with Crippen LogP contribution in [0.5, 0.6) is 5.75 Å². The Morgan fingerprint density at radius 2 is 1.82 bits per heavy atom. The lowest BCUT2D eigenvalue weighted by molar-refractivity contribution is -0.274. The van der Waals surface area contributed by atoms with Crippen molar-refractivity contribution in [3.8, 4) is 17.0 Å². The first-order valence-electron chi connectivity index (χ1n) is 8.14. The van der Waals surface area contributed by atoms with Crippen molar-refractivity contribution in [2.75, 3.05) is 5.73 Å². The van der Waals surface area contributed by atoms with E-state index >= 15 is 0 Å². The van der Waals surface area contributed by atoms with Crippen LogP contribution in [0.15, 0.2) is 55.0 Å². The van der Waals surface area contributed by atoms with Gasteiger partial charge in [-0.15, -0.1) is 13.2 Å². The van der Waals surface area contributed by atoms with Crippen LogP contribution < -0.4 is 10.5 Å². The minimum absolute atomic E-state index is 0.276. The number of anilines is 1. The number of pyridine rings is 1. The summed E-state index contributed by atoms with van der Waals surface area (Å²) in [5.74, 6) is 0.625. The molecule has 0 aliphatic carbocycles. The third-order valence-corrected chi connectivity index (χ3v) is 3.88. The summed E-state index contributed by atoms with van der Waals surface area (Å²) in [5.41, 5.74) is 8.25. The molecule has 4 rings (SSSR count). The van der Waals surface area contributed by atoms with Crippen molar-refractivity contribution in [3.63, 3.8) is 0 Å². The maximum Gasteiger partial charge on any atom is 0.573 e. The Hall–Kier alpha value is -3.69. The highest BCUT2D eigenvalue weighted by Gasteiger charge is 2.30. The van der Waals surface area contributed by atoms with Crippen molar-refractivity contribution in [2.45, 2.75) is 12.8 Å². The van der Waals surface area contributed by atoms with Gasteiger partial charge in [0.15, 0.2) is 11.5 Å². The molecular weight excluding hydrogens is 373 g/mol. The van der Waals surface area contributed by atoms with Gasteiger partial charge < -0.3 is 10.5 Å². The van der Waals surface area contributed by atoms with Gasteiger partial charge in [0.25, 0.3) is 0 Å². The lowest BCUT2D eigenvalue weighted by Crippen LogP contribution is -2.17. The van der Waals surface area contributed by atoms with Gasteiger partial charge in [0, 0.05) is 30.6 Å². The average Bonchev–Trinajstić information content (AvgIpc) is 3.05. The molecule has 0 bridgehead atoms. The van der Waals surface area contributed by atoms with Crippen LogP contribution in [0.2, 0.25) is 0 Å². The maximum absolute atomic E-state index is 12.2. The molecular formula is C18H13F3N6O. The number of halogens is 3. The van der Waals surface area contributed by atoms with Gasteiger partial charge in [0.05, 0.1) is 0 Å². The zero-order valence-electron chi connectivity index (χ0n) is 14.3. The molecule has 0 aliphatic heterocycles. The third-order valence-electron chi connectivity index (χ3n) is 3.88. The number of hydrogen-bond donors (Lipinski definition) is 1. The SMILES string of the molecule is Nc1ccc(-c2nccn3nc(Cc4ccc(OC(F)(F)F)cc4)nc23)cn1. The standard InChI is InChI=1S/C18H13F3N6O/c19-18(20,21)28-13-4-1-11(2-5-13)9-15-25-17-16(23-7-8-27(17)26-15)12-3-6-14(22)24-10-12/h1-8,10H,9H2,(H2,22,24). The average molecular weight is 386 g/mol. The number of nitrogen functional groups attached to an aromatic ring is 1. The largest absolute Gasteiger partial charge is 0.573 e. The summed E-state index contributed by atoms with van der Waals surface area (Å²) in [4.78, 5) is 12.9. The second-order valence-electron chi connectivity index (χ2n) is 5.91. The molecule has 3 heterocycles. The predicted molar refractivity (Wildman–Crippen MR) is 94.4 cm³/mol. The highest BCUT2D eigenvalue weighted by Crippen LogP contribution is 2.24. The fourth-order valence-corrected chi connectivity index (χ4v) is 2.68. The number of hydrogen-bond acceptors (Lipinski definition) is 6. The van der Waals surface area contributed by atoms with Crippen LogP contribution in [0.25, 0.3) is 16.9 Å². The summed E-state index contributed by atoms with van der Waals surface area (Å²) in [7, 11) is 0. The molecule has 0 unspecified atom stereocenters. The minimum Gasteiger partial charge on any atom is -0.406 e. The fourth-order valence-electron chi connectivity index (χ4n) is 2.68. The van der Waals surface area contributed by atoms with Crippen molar-refractivity contribution in [1.82, 2.24) is 24.6 Å². The van der Waals surface area contributed by atoms with E-state index in [9.17, 15) is 13.2 Å². The first kappa shape index (κ1) is 17.7. The van der Waals surface area contributed by atoms with Crippen molar-refractivity contribution >= 4 is 11.5 Å². The molecule has 142 valence electrons. The zero-order chi connectivity index (χ0) is 19.7. The molecule has 0 saturated heterocycles. The molecule has 0 fully saturated rings. The van der Waals surface area contributed by atoms with Gasteiger partial charge in [0.2, 0.25) is 0 Å². The Kier molecular flexibility index (Phi) is 4.30. The van der Waals surface area contributed by atoms with Crippen molar-refractivity contribution in [1.29, 1.82) is 0 Å². The molecule has 0 saturated carbocycles. The third kappa shape index (κ3) is 3.85. The van der Waals surface area contributed by atoms with Crippen LogP contribution in [-0.4, -0.2) is 30.9 Å². The monoisotopic (exact) mass is 386 g/mol. The highest BCUT2D eigenvalue weighted by molar-refractivity contribution is 5.73. The summed E-state index contributed by atoms with van der Waals surface area (Å²) in [6.07, 6.45) is 0.491. The van der Waals surface area contributed by atoms with Gasteiger partial charge in [-0.2, -0.15) is 5.10 Å². The molecule has 2 N–H and O–H groups in total. The summed E-state index contributed by atoms with van der Waals surface area (Å²) in [5, 5.41) is 4.40.